The molecule has 19 heavy (non-hydrogen) atoms. The summed E-state index contributed by atoms with van der Waals surface area (Å²) in [6.07, 6.45) is -2.19. The Morgan fingerprint density at radius 1 is 1.32 bits per heavy atom. The molecule has 0 aliphatic heterocycles. The van der Waals surface area contributed by atoms with Crippen molar-refractivity contribution >= 4 is 0 Å². The first kappa shape index (κ1) is 14.4. The molecule has 3 nitrogen and oxygen atoms in total. The Kier molecular flexibility index (Phi) is 3.41. The van der Waals surface area contributed by atoms with Crippen LogP contribution in [-0.2, 0) is 18.1 Å². The number of hydrogen-bond acceptors (Lipinski definition) is 2. The predicted molar refractivity (Wildman–Crippen MR) is 67.0 cm³/mol. The second-order valence-corrected chi connectivity index (χ2v) is 6.11. The van der Waals surface area contributed by atoms with E-state index >= 15 is 0 Å². The third-order valence-electron chi connectivity index (χ3n) is 3.58. The summed E-state index contributed by atoms with van der Waals surface area (Å²) in [5, 5.41) is 3.87. The van der Waals surface area contributed by atoms with Crippen LogP contribution in [0.2, 0.25) is 0 Å². The second kappa shape index (κ2) is 4.51. The van der Waals surface area contributed by atoms with Gasteiger partial charge in [-0.05, 0) is 46.6 Å². The zero-order chi connectivity index (χ0) is 14.4. The quantitative estimate of drug-likeness (QED) is 0.856. The molecule has 0 bridgehead atoms. The summed E-state index contributed by atoms with van der Waals surface area (Å²) in [6.45, 7) is 5.84. The van der Waals surface area contributed by atoms with E-state index in [4.69, 9.17) is 5.73 Å². The van der Waals surface area contributed by atoms with E-state index in [2.05, 4.69) is 5.10 Å². The third kappa shape index (κ3) is 2.50. The van der Waals surface area contributed by atoms with Crippen LogP contribution >= 0.6 is 0 Å². The van der Waals surface area contributed by atoms with Gasteiger partial charge in [0.1, 0.15) is 0 Å². The Hall–Kier alpha value is -1.04. The SMILES string of the molecule is CC(C)(C)n1nc(C(F)(F)F)c2c1CCCC2CN. The summed E-state index contributed by atoms with van der Waals surface area (Å²) < 4.78 is 41.0. The van der Waals surface area contributed by atoms with Gasteiger partial charge in [-0.25, -0.2) is 0 Å². The maximum atomic E-state index is 13.2. The summed E-state index contributed by atoms with van der Waals surface area (Å²) in [7, 11) is 0. The molecule has 108 valence electrons. The van der Waals surface area contributed by atoms with Crippen LogP contribution < -0.4 is 5.73 Å². The lowest BCUT2D eigenvalue weighted by Gasteiger charge is -2.27. The Labute approximate surface area is 111 Å². The normalized spacial score (nSPS) is 20.5. The van der Waals surface area contributed by atoms with Crippen LogP contribution in [0.1, 0.15) is 56.5 Å². The van der Waals surface area contributed by atoms with Crippen LogP contribution in [0.15, 0.2) is 0 Å². The number of halogens is 3. The van der Waals surface area contributed by atoms with Gasteiger partial charge in [-0.3, -0.25) is 4.68 Å². The molecule has 1 unspecified atom stereocenters. The van der Waals surface area contributed by atoms with Crippen LogP contribution in [0.25, 0.3) is 0 Å². The van der Waals surface area contributed by atoms with Crippen molar-refractivity contribution in [3.8, 4) is 0 Å². The van der Waals surface area contributed by atoms with Gasteiger partial charge in [0.15, 0.2) is 5.69 Å². The summed E-state index contributed by atoms with van der Waals surface area (Å²) in [5.74, 6) is -0.225. The first-order valence-corrected chi connectivity index (χ1v) is 6.55. The summed E-state index contributed by atoms with van der Waals surface area (Å²) in [5.41, 5.74) is 5.49. The number of rotatable bonds is 1. The number of fused-ring (bicyclic) bond motifs is 1. The molecule has 0 saturated carbocycles. The average molecular weight is 275 g/mol. The van der Waals surface area contributed by atoms with Crippen LogP contribution in [0, 0.1) is 0 Å². The Bertz CT molecular complexity index is 469. The second-order valence-electron chi connectivity index (χ2n) is 6.11. The maximum absolute atomic E-state index is 13.2. The molecular weight excluding hydrogens is 255 g/mol. The van der Waals surface area contributed by atoms with Gasteiger partial charge >= 0.3 is 6.18 Å². The monoisotopic (exact) mass is 275 g/mol. The van der Waals surface area contributed by atoms with E-state index in [9.17, 15) is 13.2 Å². The molecule has 2 rings (SSSR count). The third-order valence-corrected chi connectivity index (χ3v) is 3.58. The van der Waals surface area contributed by atoms with E-state index < -0.39 is 17.4 Å². The topological polar surface area (TPSA) is 43.8 Å². The molecule has 1 aliphatic carbocycles. The molecule has 0 radical (unpaired) electrons. The molecule has 2 N–H and O–H groups in total. The number of alkyl halides is 3. The summed E-state index contributed by atoms with van der Waals surface area (Å²) >= 11 is 0. The van der Waals surface area contributed by atoms with Crippen molar-refractivity contribution in [2.24, 2.45) is 5.73 Å². The highest BCUT2D eigenvalue weighted by Gasteiger charge is 2.43. The highest BCUT2D eigenvalue weighted by molar-refractivity contribution is 5.35. The Balaban J connectivity index is 2.66. The van der Waals surface area contributed by atoms with E-state index in [1.165, 1.54) is 4.68 Å². The highest BCUT2D eigenvalue weighted by Crippen LogP contribution is 2.42. The fourth-order valence-electron chi connectivity index (χ4n) is 2.79. The van der Waals surface area contributed by atoms with E-state index in [0.29, 0.717) is 24.1 Å². The van der Waals surface area contributed by atoms with Gasteiger partial charge in [0.25, 0.3) is 0 Å². The van der Waals surface area contributed by atoms with Crippen LogP contribution in [0.4, 0.5) is 13.2 Å². The lowest BCUT2D eigenvalue weighted by atomic mass is 9.84. The van der Waals surface area contributed by atoms with Gasteiger partial charge in [-0.1, -0.05) is 0 Å². The lowest BCUT2D eigenvalue weighted by molar-refractivity contribution is -0.142. The van der Waals surface area contributed by atoms with Gasteiger partial charge in [0.2, 0.25) is 0 Å². The van der Waals surface area contributed by atoms with Gasteiger partial charge in [0.05, 0.1) is 5.54 Å². The molecule has 0 spiro atoms. The van der Waals surface area contributed by atoms with Crippen LogP contribution in [0.5, 0.6) is 0 Å². The molecule has 0 fully saturated rings. The zero-order valence-corrected chi connectivity index (χ0v) is 11.5. The first-order chi connectivity index (χ1) is 8.66. The minimum absolute atomic E-state index is 0.225. The molecule has 6 heteroatoms. The molecule has 1 aromatic rings. The minimum atomic E-state index is -4.41. The average Bonchev–Trinajstić information content (AvgIpc) is 2.67. The van der Waals surface area contributed by atoms with Crippen molar-refractivity contribution in [3.05, 3.63) is 17.0 Å². The van der Waals surface area contributed by atoms with Gasteiger partial charge in [-0.15, -0.1) is 0 Å². The fourth-order valence-corrected chi connectivity index (χ4v) is 2.79. The smallest absolute Gasteiger partial charge is 0.330 e. The summed E-state index contributed by atoms with van der Waals surface area (Å²) in [4.78, 5) is 0. The zero-order valence-electron chi connectivity index (χ0n) is 11.5. The molecule has 1 aliphatic rings. The molecule has 0 aromatic carbocycles. The van der Waals surface area contributed by atoms with Crippen molar-refractivity contribution < 1.29 is 13.2 Å². The van der Waals surface area contributed by atoms with E-state index in [1.807, 2.05) is 20.8 Å². The molecule has 1 atom stereocenters. The van der Waals surface area contributed by atoms with Gasteiger partial charge < -0.3 is 5.73 Å². The van der Waals surface area contributed by atoms with Crippen molar-refractivity contribution in [2.75, 3.05) is 6.54 Å². The number of nitrogens with zero attached hydrogens (tertiary/aromatic N) is 2. The van der Waals surface area contributed by atoms with Crippen LogP contribution in [0.3, 0.4) is 0 Å². The minimum Gasteiger partial charge on any atom is -0.330 e. The number of hydrogen-bond donors (Lipinski definition) is 1. The molecule has 1 aromatic heterocycles. The number of nitrogens with two attached hydrogens (primary N) is 1. The van der Waals surface area contributed by atoms with Gasteiger partial charge in [-0.2, -0.15) is 18.3 Å². The largest absolute Gasteiger partial charge is 0.435 e. The lowest BCUT2D eigenvalue weighted by Crippen LogP contribution is -2.27. The predicted octanol–water partition coefficient (Wildman–Crippen LogP) is 3.04. The van der Waals surface area contributed by atoms with Crippen LogP contribution in [-0.4, -0.2) is 16.3 Å². The fraction of sp³-hybridized carbons (Fsp3) is 0.769. The molecule has 0 saturated heterocycles. The molecular formula is C13H20F3N3. The Morgan fingerprint density at radius 3 is 2.42 bits per heavy atom. The van der Waals surface area contributed by atoms with E-state index in [1.54, 1.807) is 0 Å². The molecule has 1 heterocycles. The Morgan fingerprint density at radius 2 is 1.95 bits per heavy atom. The van der Waals surface area contributed by atoms with Gasteiger partial charge in [0, 0.05) is 17.2 Å². The van der Waals surface area contributed by atoms with Crippen molar-refractivity contribution in [2.45, 2.75) is 57.7 Å². The van der Waals surface area contributed by atoms with Crippen molar-refractivity contribution in [3.63, 3.8) is 0 Å². The number of aromatic nitrogens is 2. The maximum Gasteiger partial charge on any atom is 0.435 e. The highest BCUT2D eigenvalue weighted by atomic mass is 19.4. The van der Waals surface area contributed by atoms with Crippen molar-refractivity contribution in [1.29, 1.82) is 0 Å². The van der Waals surface area contributed by atoms with Crippen molar-refractivity contribution in [1.82, 2.24) is 9.78 Å². The summed E-state index contributed by atoms with van der Waals surface area (Å²) in [6, 6.07) is 0. The first-order valence-electron chi connectivity index (χ1n) is 6.55. The molecule has 0 amide bonds. The standard InChI is InChI=1S/C13H20F3N3/c1-12(2,3)19-9-6-4-5-8(7-17)10(9)11(18-19)13(14,15)16/h8H,4-7,17H2,1-3H3. The van der Waals surface area contributed by atoms with E-state index in [0.717, 1.165) is 6.42 Å². The van der Waals surface area contributed by atoms with E-state index in [-0.39, 0.29) is 12.5 Å².